The first-order valence-corrected chi connectivity index (χ1v) is 7.60. The topological polar surface area (TPSA) is 105 Å². The lowest BCUT2D eigenvalue weighted by Gasteiger charge is -2.11. The van der Waals surface area contributed by atoms with E-state index in [1.807, 2.05) is 0 Å². The summed E-state index contributed by atoms with van der Waals surface area (Å²) >= 11 is 0. The molecule has 1 aromatic heterocycles. The number of aryl methyl sites for hydroxylation is 1. The molecule has 0 spiro atoms. The van der Waals surface area contributed by atoms with Crippen LogP contribution in [0.5, 0.6) is 11.5 Å². The number of hydrogen-bond donors (Lipinski definition) is 2. The molecule has 2 aromatic rings. The van der Waals surface area contributed by atoms with E-state index >= 15 is 0 Å². The van der Waals surface area contributed by atoms with Crippen molar-refractivity contribution >= 4 is 17.7 Å². The van der Waals surface area contributed by atoms with E-state index in [2.05, 4.69) is 5.43 Å². The maximum atomic E-state index is 12.5. The SMILES string of the molecule is CCOC(=O)c1c(C)cn(NC(=O)c2ccc(OC)c(OC)c2)c1N. The standard InChI is InChI=1S/C17H21N3O5/c1-5-25-17(22)14-10(2)9-20(15(14)18)19-16(21)11-6-7-12(23-3)13(8-11)24-4/h6-9H,5,18H2,1-4H3,(H,19,21). The number of rotatable bonds is 6. The van der Waals surface area contributed by atoms with Crippen LogP contribution in [0, 0.1) is 6.92 Å². The Morgan fingerprint density at radius 2 is 1.88 bits per heavy atom. The largest absolute Gasteiger partial charge is 0.493 e. The maximum Gasteiger partial charge on any atom is 0.342 e. The van der Waals surface area contributed by atoms with Gasteiger partial charge in [0.1, 0.15) is 11.4 Å². The van der Waals surface area contributed by atoms with Gasteiger partial charge in [-0.2, -0.15) is 0 Å². The van der Waals surface area contributed by atoms with E-state index in [9.17, 15) is 9.59 Å². The van der Waals surface area contributed by atoms with E-state index in [0.717, 1.165) is 0 Å². The highest BCUT2D eigenvalue weighted by molar-refractivity contribution is 6.02. The van der Waals surface area contributed by atoms with Gasteiger partial charge >= 0.3 is 5.97 Å². The van der Waals surface area contributed by atoms with Crippen LogP contribution in [-0.4, -0.2) is 37.4 Å². The van der Waals surface area contributed by atoms with Crippen molar-refractivity contribution in [2.45, 2.75) is 13.8 Å². The summed E-state index contributed by atoms with van der Waals surface area (Å²) in [6.07, 6.45) is 1.56. The van der Waals surface area contributed by atoms with Crippen molar-refractivity contribution in [3.63, 3.8) is 0 Å². The van der Waals surface area contributed by atoms with Crippen molar-refractivity contribution in [3.8, 4) is 11.5 Å². The third kappa shape index (κ3) is 3.68. The Bertz CT molecular complexity index is 798. The minimum absolute atomic E-state index is 0.102. The summed E-state index contributed by atoms with van der Waals surface area (Å²) in [4.78, 5) is 24.4. The first-order chi connectivity index (χ1) is 11.9. The van der Waals surface area contributed by atoms with Crippen molar-refractivity contribution in [1.29, 1.82) is 0 Å². The molecule has 2 rings (SSSR count). The summed E-state index contributed by atoms with van der Waals surface area (Å²) < 4.78 is 16.6. The number of methoxy groups -OCH3 is 2. The number of nitrogen functional groups attached to an aromatic ring is 1. The van der Waals surface area contributed by atoms with Gasteiger partial charge in [0.15, 0.2) is 11.5 Å². The highest BCUT2D eigenvalue weighted by Gasteiger charge is 2.20. The molecule has 1 aromatic carbocycles. The Morgan fingerprint density at radius 1 is 1.20 bits per heavy atom. The second-order valence-corrected chi connectivity index (χ2v) is 5.17. The van der Waals surface area contributed by atoms with E-state index in [4.69, 9.17) is 19.9 Å². The molecule has 0 bridgehead atoms. The molecular weight excluding hydrogens is 326 g/mol. The Morgan fingerprint density at radius 3 is 2.48 bits per heavy atom. The summed E-state index contributed by atoms with van der Waals surface area (Å²) in [7, 11) is 3.00. The number of aromatic nitrogens is 1. The van der Waals surface area contributed by atoms with Gasteiger partial charge in [-0.3, -0.25) is 10.2 Å². The number of benzene rings is 1. The Kier molecular flexibility index (Phi) is 5.53. The molecule has 8 heteroatoms. The molecule has 0 unspecified atom stereocenters. The van der Waals surface area contributed by atoms with Gasteiger partial charge in [-0.1, -0.05) is 0 Å². The van der Waals surface area contributed by atoms with Gasteiger partial charge < -0.3 is 19.9 Å². The van der Waals surface area contributed by atoms with Crippen LogP contribution in [0.1, 0.15) is 33.2 Å². The molecule has 0 atom stereocenters. The number of ether oxygens (including phenoxy) is 3. The van der Waals surface area contributed by atoms with Gasteiger partial charge in [-0.05, 0) is 37.6 Å². The summed E-state index contributed by atoms with van der Waals surface area (Å²) in [6.45, 7) is 3.65. The average Bonchev–Trinajstić information content (AvgIpc) is 2.87. The molecule has 8 nitrogen and oxygen atoms in total. The fourth-order valence-corrected chi connectivity index (χ4v) is 2.36. The molecule has 0 saturated carbocycles. The van der Waals surface area contributed by atoms with Crippen LogP contribution in [0.2, 0.25) is 0 Å². The zero-order chi connectivity index (χ0) is 18.6. The number of hydrogen-bond acceptors (Lipinski definition) is 6. The van der Waals surface area contributed by atoms with Crippen molar-refractivity contribution in [2.75, 3.05) is 32.0 Å². The second-order valence-electron chi connectivity index (χ2n) is 5.17. The molecule has 1 heterocycles. The quantitative estimate of drug-likeness (QED) is 0.774. The Balaban J connectivity index is 2.27. The zero-order valence-electron chi connectivity index (χ0n) is 14.6. The van der Waals surface area contributed by atoms with E-state index in [0.29, 0.717) is 22.6 Å². The van der Waals surface area contributed by atoms with Crippen LogP contribution in [0.15, 0.2) is 24.4 Å². The van der Waals surface area contributed by atoms with Crippen molar-refractivity contribution in [1.82, 2.24) is 4.68 Å². The molecule has 1 amide bonds. The van der Waals surface area contributed by atoms with Crippen molar-refractivity contribution in [2.24, 2.45) is 0 Å². The van der Waals surface area contributed by atoms with Crippen LogP contribution < -0.4 is 20.6 Å². The summed E-state index contributed by atoms with van der Waals surface area (Å²) in [5, 5.41) is 0. The lowest BCUT2D eigenvalue weighted by atomic mass is 10.2. The number of esters is 1. The molecular formula is C17H21N3O5. The smallest absolute Gasteiger partial charge is 0.342 e. The third-order valence-corrected chi connectivity index (χ3v) is 3.58. The number of nitrogens with zero attached hydrogens (tertiary/aromatic N) is 1. The number of anilines is 1. The highest BCUT2D eigenvalue weighted by Crippen LogP contribution is 2.27. The second kappa shape index (κ2) is 7.61. The van der Waals surface area contributed by atoms with Crippen LogP contribution in [0.4, 0.5) is 5.82 Å². The summed E-state index contributed by atoms with van der Waals surface area (Å²) in [5.74, 6) is 0.0958. The Labute approximate surface area is 145 Å². The van der Waals surface area contributed by atoms with E-state index < -0.39 is 11.9 Å². The van der Waals surface area contributed by atoms with Gasteiger partial charge in [0.25, 0.3) is 5.91 Å². The van der Waals surface area contributed by atoms with Gasteiger partial charge in [0.05, 0.1) is 20.8 Å². The van der Waals surface area contributed by atoms with Crippen LogP contribution >= 0.6 is 0 Å². The average molecular weight is 347 g/mol. The monoisotopic (exact) mass is 347 g/mol. The number of nitrogens with two attached hydrogens (primary N) is 1. The van der Waals surface area contributed by atoms with Crippen LogP contribution in [-0.2, 0) is 4.74 Å². The molecule has 0 fully saturated rings. The van der Waals surface area contributed by atoms with E-state index in [1.54, 1.807) is 38.2 Å². The predicted molar refractivity (Wildman–Crippen MR) is 92.8 cm³/mol. The van der Waals surface area contributed by atoms with Crippen molar-refractivity contribution in [3.05, 3.63) is 41.1 Å². The molecule has 25 heavy (non-hydrogen) atoms. The fraction of sp³-hybridized carbons (Fsp3) is 0.294. The fourth-order valence-electron chi connectivity index (χ4n) is 2.36. The number of carbonyl (C=O) groups is 2. The van der Waals surface area contributed by atoms with E-state index in [-0.39, 0.29) is 18.0 Å². The number of amides is 1. The molecule has 0 aliphatic heterocycles. The maximum absolute atomic E-state index is 12.5. The summed E-state index contributed by atoms with van der Waals surface area (Å²) in [5.41, 5.74) is 9.77. The number of nitrogens with one attached hydrogen (secondary N) is 1. The van der Waals surface area contributed by atoms with Gasteiger partial charge in [-0.15, -0.1) is 0 Å². The van der Waals surface area contributed by atoms with Crippen molar-refractivity contribution < 1.29 is 23.8 Å². The molecule has 0 radical (unpaired) electrons. The zero-order valence-corrected chi connectivity index (χ0v) is 14.6. The van der Waals surface area contributed by atoms with Gasteiger partial charge in [-0.25, -0.2) is 9.47 Å². The molecule has 0 aliphatic rings. The first kappa shape index (κ1) is 18.2. The first-order valence-electron chi connectivity index (χ1n) is 7.60. The van der Waals surface area contributed by atoms with Crippen LogP contribution in [0.25, 0.3) is 0 Å². The summed E-state index contributed by atoms with van der Waals surface area (Å²) in [6, 6.07) is 4.77. The molecule has 3 N–H and O–H groups in total. The lowest BCUT2D eigenvalue weighted by molar-refractivity contribution is 0.0526. The molecule has 134 valence electrons. The van der Waals surface area contributed by atoms with E-state index in [1.165, 1.54) is 18.9 Å². The predicted octanol–water partition coefficient (Wildman–Crippen LogP) is 1.96. The molecule has 0 saturated heterocycles. The van der Waals surface area contributed by atoms with Gasteiger partial charge in [0.2, 0.25) is 0 Å². The number of carbonyl (C=O) groups excluding carboxylic acids is 2. The minimum atomic E-state index is -0.531. The normalized spacial score (nSPS) is 10.2. The van der Waals surface area contributed by atoms with Crippen LogP contribution in [0.3, 0.4) is 0 Å². The lowest BCUT2D eigenvalue weighted by Crippen LogP contribution is -2.24. The van der Waals surface area contributed by atoms with Gasteiger partial charge in [0, 0.05) is 11.8 Å². The highest BCUT2D eigenvalue weighted by atomic mass is 16.5. The minimum Gasteiger partial charge on any atom is -0.493 e. The Hall–Kier alpha value is -3.16. The molecule has 0 aliphatic carbocycles. The third-order valence-electron chi connectivity index (χ3n) is 3.58.